The molecule has 6 nitrogen and oxygen atoms in total. The third-order valence-corrected chi connectivity index (χ3v) is 5.99. The number of anilines is 1. The van der Waals surface area contributed by atoms with Crippen LogP contribution in [0, 0.1) is 11.7 Å². The molecule has 3 rings (SSSR count). The van der Waals surface area contributed by atoms with Crippen molar-refractivity contribution in [1.29, 1.82) is 0 Å². The molecule has 0 unspecified atom stereocenters. The quantitative estimate of drug-likeness (QED) is 0.736. The van der Waals surface area contributed by atoms with Gasteiger partial charge < -0.3 is 15.2 Å². The van der Waals surface area contributed by atoms with Crippen molar-refractivity contribution in [2.24, 2.45) is 10.9 Å². The Kier molecular flexibility index (Phi) is 5.91. The van der Waals surface area contributed by atoms with Crippen LogP contribution in [0.3, 0.4) is 0 Å². The van der Waals surface area contributed by atoms with Crippen LogP contribution in [0.1, 0.15) is 46.1 Å². The lowest BCUT2D eigenvalue weighted by Crippen LogP contribution is -2.42. The number of fused-ring (bicyclic) bond motifs is 1. The number of aliphatic imine (C=N–C) groups is 1. The zero-order chi connectivity index (χ0) is 20.5. The number of rotatable bonds is 3. The maximum absolute atomic E-state index is 14.8. The minimum absolute atomic E-state index is 0.0129. The predicted molar refractivity (Wildman–Crippen MR) is 110 cm³/mol. The highest BCUT2D eigenvalue weighted by Gasteiger charge is 2.52. The van der Waals surface area contributed by atoms with Crippen molar-refractivity contribution in [3.05, 3.63) is 29.6 Å². The van der Waals surface area contributed by atoms with Crippen LogP contribution in [-0.4, -0.2) is 35.3 Å². The minimum Gasteiger partial charge on any atom is -0.444 e. The number of ether oxygens (including phenoxy) is 2. The van der Waals surface area contributed by atoms with Crippen LogP contribution < -0.4 is 11.1 Å². The largest absolute Gasteiger partial charge is 0.444 e. The summed E-state index contributed by atoms with van der Waals surface area (Å²) in [5.74, 6) is 0.449. The van der Waals surface area contributed by atoms with Gasteiger partial charge in [0.05, 0.1) is 11.6 Å². The average molecular weight is 410 g/mol. The number of nitrogens with one attached hydrogen (secondary N) is 1. The van der Waals surface area contributed by atoms with Crippen LogP contribution in [0.2, 0.25) is 0 Å². The van der Waals surface area contributed by atoms with Crippen molar-refractivity contribution in [2.45, 2.75) is 57.8 Å². The summed E-state index contributed by atoms with van der Waals surface area (Å²) < 4.78 is 26.0. The van der Waals surface area contributed by atoms with Crippen molar-refractivity contribution >= 4 is 28.7 Å². The number of hydrogen-bond donors (Lipinski definition) is 2. The maximum Gasteiger partial charge on any atom is 0.413 e. The first-order valence-corrected chi connectivity index (χ1v) is 10.5. The average Bonchev–Trinajstić information content (AvgIpc) is 2.94. The number of carbonyl (C=O) groups is 1. The van der Waals surface area contributed by atoms with Gasteiger partial charge in [0.1, 0.15) is 11.4 Å². The number of carbonyl (C=O) groups excluding carboxylic acids is 1. The van der Waals surface area contributed by atoms with Gasteiger partial charge in [-0.3, -0.25) is 10.3 Å². The van der Waals surface area contributed by atoms with E-state index in [9.17, 15) is 9.18 Å². The minimum atomic E-state index is -0.811. The molecule has 0 aromatic heterocycles. The molecular formula is C20H28FN3O3S. The summed E-state index contributed by atoms with van der Waals surface area (Å²) in [7, 11) is 0. The van der Waals surface area contributed by atoms with Crippen LogP contribution in [0.25, 0.3) is 0 Å². The van der Waals surface area contributed by atoms with E-state index in [0.717, 1.165) is 6.42 Å². The van der Waals surface area contributed by atoms with Gasteiger partial charge in [0.2, 0.25) is 0 Å². The van der Waals surface area contributed by atoms with E-state index in [0.29, 0.717) is 35.2 Å². The number of nitrogens with two attached hydrogens (primary N) is 1. The molecule has 1 amide bonds. The van der Waals surface area contributed by atoms with Crippen LogP contribution >= 0.6 is 11.8 Å². The zero-order valence-corrected chi connectivity index (χ0v) is 17.6. The van der Waals surface area contributed by atoms with Gasteiger partial charge in [0.25, 0.3) is 0 Å². The van der Waals surface area contributed by atoms with Crippen LogP contribution in [0.15, 0.2) is 23.2 Å². The highest BCUT2D eigenvalue weighted by Crippen LogP contribution is 2.52. The predicted octanol–water partition coefficient (Wildman–Crippen LogP) is 4.05. The fraction of sp³-hybridized carbons (Fsp3) is 0.600. The molecule has 3 atom stereocenters. The number of benzene rings is 1. The lowest BCUT2D eigenvalue weighted by Gasteiger charge is -2.36. The number of nitrogens with zero attached hydrogens (tertiary/aromatic N) is 1. The summed E-state index contributed by atoms with van der Waals surface area (Å²) >= 11 is 1.45. The molecule has 0 bridgehead atoms. The molecule has 1 aromatic rings. The van der Waals surface area contributed by atoms with E-state index in [1.807, 2.05) is 6.92 Å². The number of amidine groups is 1. The van der Waals surface area contributed by atoms with E-state index in [1.165, 1.54) is 17.8 Å². The zero-order valence-electron chi connectivity index (χ0n) is 16.8. The van der Waals surface area contributed by atoms with E-state index in [4.69, 9.17) is 20.2 Å². The van der Waals surface area contributed by atoms with Crippen molar-refractivity contribution < 1.29 is 18.7 Å². The van der Waals surface area contributed by atoms with Gasteiger partial charge in [-0.05, 0) is 52.3 Å². The summed E-state index contributed by atoms with van der Waals surface area (Å²) in [4.78, 5) is 17.0. The molecule has 1 heterocycles. The number of halogens is 1. The van der Waals surface area contributed by atoms with Crippen molar-refractivity contribution in [3.8, 4) is 0 Å². The Labute approximate surface area is 169 Å². The summed E-state index contributed by atoms with van der Waals surface area (Å²) in [5.41, 5.74) is 5.47. The maximum atomic E-state index is 14.8. The van der Waals surface area contributed by atoms with E-state index >= 15 is 0 Å². The summed E-state index contributed by atoms with van der Waals surface area (Å²) in [6.45, 7) is 7.93. The summed E-state index contributed by atoms with van der Waals surface area (Å²) in [5, 5.41) is 3.16. The number of hydrogen-bond acceptors (Lipinski definition) is 6. The molecular weight excluding hydrogens is 381 g/mol. The lowest BCUT2D eigenvalue weighted by atomic mass is 9.81. The Balaban J connectivity index is 1.97. The molecule has 3 N–H and O–H groups in total. The van der Waals surface area contributed by atoms with Crippen molar-refractivity contribution in [3.63, 3.8) is 0 Å². The second-order valence-corrected chi connectivity index (χ2v) is 9.24. The normalized spacial score (nSPS) is 27.1. The van der Waals surface area contributed by atoms with Gasteiger partial charge in [-0.1, -0.05) is 11.8 Å². The standard InChI is InChI=1S/C20H28FN3O3S/c1-5-26-14-8-12-11-28-17(23-18(25)27-19(2,3)4)24-20(12,10-14)15-9-13(22)6-7-16(15)21/h6-7,9,12,14H,5,8,10-11,22H2,1-4H3,(H,23,24,25)/t12-,14+,20-/m1/s1. The van der Waals surface area contributed by atoms with Crippen molar-refractivity contribution in [1.82, 2.24) is 5.32 Å². The number of thioether (sulfide) groups is 1. The topological polar surface area (TPSA) is 85.9 Å². The molecule has 1 aliphatic heterocycles. The molecule has 1 aliphatic carbocycles. The monoisotopic (exact) mass is 409 g/mol. The third-order valence-electron chi connectivity index (χ3n) is 4.95. The van der Waals surface area contributed by atoms with E-state index in [1.54, 1.807) is 32.9 Å². The van der Waals surface area contributed by atoms with Gasteiger partial charge in [-0.15, -0.1) is 0 Å². The highest BCUT2D eigenvalue weighted by atomic mass is 32.2. The molecule has 1 aromatic carbocycles. The number of amides is 1. The first-order chi connectivity index (χ1) is 13.1. The van der Waals surface area contributed by atoms with Crippen LogP contribution in [0.4, 0.5) is 14.9 Å². The molecule has 0 spiro atoms. The second kappa shape index (κ2) is 7.91. The smallest absolute Gasteiger partial charge is 0.413 e. The fourth-order valence-corrected chi connectivity index (χ4v) is 5.08. The van der Waals surface area contributed by atoms with E-state index < -0.39 is 17.2 Å². The summed E-state index contributed by atoms with van der Waals surface area (Å²) in [6, 6.07) is 4.57. The van der Waals surface area contributed by atoms with Crippen LogP contribution in [0.5, 0.6) is 0 Å². The lowest BCUT2D eigenvalue weighted by molar-refractivity contribution is 0.0564. The third kappa shape index (κ3) is 4.43. The Bertz CT molecular complexity index is 780. The number of nitrogen functional groups attached to an aromatic ring is 1. The molecule has 1 saturated carbocycles. The number of alkyl carbamates (subject to hydrolysis) is 1. The molecule has 0 saturated heterocycles. The highest BCUT2D eigenvalue weighted by molar-refractivity contribution is 8.13. The Morgan fingerprint density at radius 1 is 1.46 bits per heavy atom. The van der Waals surface area contributed by atoms with Crippen LogP contribution in [-0.2, 0) is 15.0 Å². The van der Waals surface area contributed by atoms with Gasteiger partial charge in [-0.25, -0.2) is 9.18 Å². The first kappa shape index (κ1) is 20.9. The van der Waals surface area contributed by atoms with Gasteiger partial charge in [0, 0.05) is 35.9 Å². The molecule has 2 aliphatic rings. The SMILES string of the molecule is CCO[C@H]1C[C@@H]2CSC(NC(=O)OC(C)(C)C)=N[C@]2(c2cc(N)ccc2F)C1. The Morgan fingerprint density at radius 2 is 2.21 bits per heavy atom. The first-order valence-electron chi connectivity index (χ1n) is 9.52. The van der Waals surface area contributed by atoms with E-state index in [2.05, 4.69) is 5.32 Å². The van der Waals surface area contributed by atoms with Gasteiger partial charge in [-0.2, -0.15) is 0 Å². The molecule has 154 valence electrons. The summed E-state index contributed by atoms with van der Waals surface area (Å²) in [6.07, 6.45) is 0.755. The molecule has 8 heteroatoms. The molecule has 28 heavy (non-hydrogen) atoms. The molecule has 0 radical (unpaired) electrons. The molecule has 1 fully saturated rings. The van der Waals surface area contributed by atoms with Gasteiger partial charge >= 0.3 is 6.09 Å². The second-order valence-electron chi connectivity index (χ2n) is 8.23. The van der Waals surface area contributed by atoms with Gasteiger partial charge in [0.15, 0.2) is 5.17 Å². The van der Waals surface area contributed by atoms with Crippen molar-refractivity contribution in [2.75, 3.05) is 18.1 Å². The Hall–Kier alpha value is -1.80. The van der Waals surface area contributed by atoms with E-state index in [-0.39, 0.29) is 17.8 Å². The fourth-order valence-electron chi connectivity index (χ4n) is 3.93. The Morgan fingerprint density at radius 3 is 2.89 bits per heavy atom.